The summed E-state index contributed by atoms with van der Waals surface area (Å²) in [6, 6.07) is 10.7. The number of nitrogens with zero attached hydrogens (tertiary/aromatic N) is 1. The monoisotopic (exact) mass is 366 g/mol. The molecule has 1 aliphatic rings. The molecule has 0 spiro atoms. The summed E-state index contributed by atoms with van der Waals surface area (Å²) in [6.07, 6.45) is 0.0223. The SMILES string of the molecule is O=C(Nc1cc(Cl)cc(Cl)c1)C1CC(=O)N(c2ccccc2F)C1. The predicted molar refractivity (Wildman–Crippen MR) is 92.0 cm³/mol. The fourth-order valence-electron chi connectivity index (χ4n) is 2.66. The molecule has 1 aliphatic heterocycles. The molecular formula is C17H13Cl2FN2O2. The number of halogens is 3. The molecule has 1 unspecified atom stereocenters. The summed E-state index contributed by atoms with van der Waals surface area (Å²) in [5.41, 5.74) is 0.637. The minimum Gasteiger partial charge on any atom is -0.326 e. The zero-order chi connectivity index (χ0) is 17.3. The van der Waals surface area contributed by atoms with E-state index >= 15 is 0 Å². The topological polar surface area (TPSA) is 49.4 Å². The van der Waals surface area contributed by atoms with Gasteiger partial charge in [-0.15, -0.1) is 0 Å². The van der Waals surface area contributed by atoms with Crippen molar-refractivity contribution >= 4 is 46.4 Å². The fraction of sp³-hybridized carbons (Fsp3) is 0.176. The van der Waals surface area contributed by atoms with Gasteiger partial charge in [-0.25, -0.2) is 4.39 Å². The Bertz CT molecular complexity index is 793. The molecule has 24 heavy (non-hydrogen) atoms. The number of nitrogens with one attached hydrogen (secondary N) is 1. The van der Waals surface area contributed by atoms with E-state index in [1.165, 1.54) is 17.0 Å². The van der Waals surface area contributed by atoms with E-state index < -0.39 is 11.7 Å². The van der Waals surface area contributed by atoms with Crippen LogP contribution in [-0.2, 0) is 9.59 Å². The highest BCUT2D eigenvalue weighted by molar-refractivity contribution is 6.35. The van der Waals surface area contributed by atoms with Crippen molar-refractivity contribution in [2.45, 2.75) is 6.42 Å². The van der Waals surface area contributed by atoms with Crippen LogP contribution < -0.4 is 10.2 Å². The molecule has 2 amide bonds. The molecule has 1 fully saturated rings. The second kappa shape index (κ2) is 6.79. The van der Waals surface area contributed by atoms with Gasteiger partial charge in [-0.2, -0.15) is 0 Å². The Morgan fingerprint density at radius 3 is 2.50 bits per heavy atom. The van der Waals surface area contributed by atoms with Crippen LogP contribution in [0.25, 0.3) is 0 Å². The smallest absolute Gasteiger partial charge is 0.229 e. The second-order valence-electron chi connectivity index (χ2n) is 5.50. The lowest BCUT2D eigenvalue weighted by Gasteiger charge is -2.17. The van der Waals surface area contributed by atoms with Crippen molar-refractivity contribution in [3.05, 3.63) is 58.3 Å². The summed E-state index contributed by atoms with van der Waals surface area (Å²) in [6.45, 7) is 0.125. The molecular weight excluding hydrogens is 354 g/mol. The highest BCUT2D eigenvalue weighted by Gasteiger charge is 2.36. The van der Waals surface area contributed by atoms with Gasteiger partial charge in [0.15, 0.2) is 0 Å². The summed E-state index contributed by atoms with van der Waals surface area (Å²) in [7, 11) is 0. The normalized spacial score (nSPS) is 17.2. The van der Waals surface area contributed by atoms with Gasteiger partial charge in [-0.3, -0.25) is 9.59 Å². The molecule has 2 aromatic rings. The molecule has 0 saturated carbocycles. The van der Waals surface area contributed by atoms with E-state index in [4.69, 9.17) is 23.2 Å². The third-order valence-corrected chi connectivity index (χ3v) is 4.21. The van der Waals surface area contributed by atoms with E-state index in [9.17, 15) is 14.0 Å². The first-order valence-corrected chi connectivity index (χ1v) is 8.01. The average molecular weight is 367 g/mol. The van der Waals surface area contributed by atoms with Crippen LogP contribution in [0.2, 0.25) is 10.0 Å². The molecule has 4 nitrogen and oxygen atoms in total. The zero-order valence-corrected chi connectivity index (χ0v) is 13.9. The number of amides is 2. The maximum atomic E-state index is 13.9. The number of para-hydroxylation sites is 1. The van der Waals surface area contributed by atoms with Crippen LogP contribution in [0.5, 0.6) is 0 Å². The van der Waals surface area contributed by atoms with Crippen molar-refractivity contribution in [2.24, 2.45) is 5.92 Å². The number of anilines is 2. The van der Waals surface area contributed by atoms with Crippen molar-refractivity contribution in [1.29, 1.82) is 0 Å². The molecule has 0 radical (unpaired) electrons. The number of rotatable bonds is 3. The maximum Gasteiger partial charge on any atom is 0.229 e. The van der Waals surface area contributed by atoms with Crippen LogP contribution in [-0.4, -0.2) is 18.4 Å². The van der Waals surface area contributed by atoms with Gasteiger partial charge in [0.25, 0.3) is 0 Å². The molecule has 2 aromatic carbocycles. The molecule has 7 heteroatoms. The molecule has 1 N–H and O–H groups in total. The Morgan fingerprint density at radius 2 is 1.83 bits per heavy atom. The maximum absolute atomic E-state index is 13.9. The van der Waals surface area contributed by atoms with Gasteiger partial charge >= 0.3 is 0 Å². The van der Waals surface area contributed by atoms with Crippen molar-refractivity contribution in [2.75, 3.05) is 16.8 Å². The average Bonchev–Trinajstić information content (AvgIpc) is 2.88. The first-order chi connectivity index (χ1) is 11.4. The van der Waals surface area contributed by atoms with Crippen LogP contribution in [0.3, 0.4) is 0 Å². The summed E-state index contributed by atoms with van der Waals surface area (Å²) in [5, 5.41) is 3.49. The van der Waals surface area contributed by atoms with E-state index in [0.717, 1.165) is 0 Å². The van der Waals surface area contributed by atoms with Crippen LogP contribution in [0.1, 0.15) is 6.42 Å². The largest absolute Gasteiger partial charge is 0.326 e. The second-order valence-corrected chi connectivity index (χ2v) is 6.38. The van der Waals surface area contributed by atoms with E-state index in [-0.39, 0.29) is 30.5 Å². The van der Waals surface area contributed by atoms with Crippen molar-refractivity contribution < 1.29 is 14.0 Å². The minimum absolute atomic E-state index is 0.0223. The van der Waals surface area contributed by atoms with Gasteiger partial charge in [-0.1, -0.05) is 35.3 Å². The van der Waals surface area contributed by atoms with E-state index in [1.54, 1.807) is 30.3 Å². The number of hydrogen-bond donors (Lipinski definition) is 1. The van der Waals surface area contributed by atoms with Gasteiger partial charge in [0, 0.05) is 28.7 Å². The molecule has 124 valence electrons. The van der Waals surface area contributed by atoms with Crippen molar-refractivity contribution in [3.8, 4) is 0 Å². The van der Waals surface area contributed by atoms with Crippen molar-refractivity contribution in [3.63, 3.8) is 0 Å². The van der Waals surface area contributed by atoms with E-state index in [1.807, 2.05) is 0 Å². The first-order valence-electron chi connectivity index (χ1n) is 7.26. The molecule has 0 aromatic heterocycles. The Kier molecular flexibility index (Phi) is 4.73. The number of hydrogen-bond acceptors (Lipinski definition) is 2. The van der Waals surface area contributed by atoms with Crippen molar-refractivity contribution in [1.82, 2.24) is 0 Å². The Balaban J connectivity index is 1.73. The Labute approximate surface area is 148 Å². The summed E-state index contributed by atoms with van der Waals surface area (Å²) in [5.74, 6) is -1.69. The number of benzene rings is 2. The number of carbonyl (C=O) groups excluding carboxylic acids is 2. The van der Waals surface area contributed by atoms with Gasteiger partial charge in [0.2, 0.25) is 11.8 Å². The van der Waals surface area contributed by atoms with Crippen LogP contribution >= 0.6 is 23.2 Å². The third kappa shape index (κ3) is 3.52. The summed E-state index contributed by atoms with van der Waals surface area (Å²) < 4.78 is 13.9. The molecule has 1 atom stereocenters. The van der Waals surface area contributed by atoms with Crippen LogP contribution in [0.4, 0.5) is 15.8 Å². The van der Waals surface area contributed by atoms with E-state index in [2.05, 4.69) is 5.32 Å². The lowest BCUT2D eigenvalue weighted by Crippen LogP contribution is -2.28. The zero-order valence-electron chi connectivity index (χ0n) is 12.4. The number of carbonyl (C=O) groups is 2. The highest BCUT2D eigenvalue weighted by Crippen LogP contribution is 2.29. The first kappa shape index (κ1) is 16.7. The van der Waals surface area contributed by atoms with Gasteiger partial charge in [-0.05, 0) is 30.3 Å². The standard InChI is InChI=1S/C17H13Cl2FN2O2/c18-11-6-12(19)8-13(7-11)21-17(24)10-5-16(23)22(9-10)15-4-2-1-3-14(15)20/h1-4,6-8,10H,5,9H2,(H,21,24). The molecule has 1 saturated heterocycles. The lowest BCUT2D eigenvalue weighted by atomic mass is 10.1. The Morgan fingerprint density at radius 1 is 1.17 bits per heavy atom. The van der Waals surface area contributed by atoms with E-state index in [0.29, 0.717) is 15.7 Å². The predicted octanol–water partition coefficient (Wildman–Crippen LogP) is 4.12. The van der Waals surface area contributed by atoms with Gasteiger partial charge < -0.3 is 10.2 Å². The summed E-state index contributed by atoms with van der Waals surface area (Å²) in [4.78, 5) is 25.8. The molecule has 1 heterocycles. The van der Waals surface area contributed by atoms with Gasteiger partial charge in [0.05, 0.1) is 11.6 Å². The molecule has 3 rings (SSSR count). The third-order valence-electron chi connectivity index (χ3n) is 3.77. The lowest BCUT2D eigenvalue weighted by molar-refractivity contribution is -0.122. The summed E-state index contributed by atoms with van der Waals surface area (Å²) >= 11 is 11.8. The Hall–Kier alpha value is -2.11. The van der Waals surface area contributed by atoms with Crippen LogP contribution in [0.15, 0.2) is 42.5 Å². The highest BCUT2D eigenvalue weighted by atomic mass is 35.5. The van der Waals surface area contributed by atoms with Crippen LogP contribution in [0, 0.1) is 11.7 Å². The minimum atomic E-state index is -0.574. The molecule has 0 aliphatic carbocycles. The van der Waals surface area contributed by atoms with Gasteiger partial charge in [0.1, 0.15) is 5.82 Å². The fourth-order valence-corrected chi connectivity index (χ4v) is 3.18. The molecule has 0 bridgehead atoms. The quantitative estimate of drug-likeness (QED) is 0.887.